The van der Waals surface area contributed by atoms with E-state index < -0.39 is 0 Å². The highest BCUT2D eigenvalue weighted by Gasteiger charge is 2.22. The second-order valence-electron chi connectivity index (χ2n) is 4.64. The molecule has 0 bridgehead atoms. The second-order valence-corrected chi connectivity index (χ2v) is 4.64. The number of carbonyl (C=O) groups excluding carboxylic acids is 1. The van der Waals surface area contributed by atoms with Gasteiger partial charge in [-0.25, -0.2) is 0 Å². The molecule has 0 aliphatic carbocycles. The van der Waals surface area contributed by atoms with Crippen LogP contribution in [0.5, 0.6) is 0 Å². The first kappa shape index (κ1) is 12.1. The molecule has 0 unspecified atom stereocenters. The number of nitrogens with one attached hydrogen (secondary N) is 1. The van der Waals surface area contributed by atoms with Crippen LogP contribution >= 0.6 is 0 Å². The Hall–Kier alpha value is -1.35. The number of amides is 1. The van der Waals surface area contributed by atoms with E-state index in [9.17, 15) is 4.79 Å². The molecule has 1 aromatic carbocycles. The van der Waals surface area contributed by atoms with E-state index in [4.69, 9.17) is 4.74 Å². The highest BCUT2D eigenvalue weighted by Crippen LogP contribution is 2.22. The van der Waals surface area contributed by atoms with Crippen LogP contribution in [0.15, 0.2) is 18.2 Å². The van der Waals surface area contributed by atoms with E-state index in [1.165, 1.54) is 0 Å². The van der Waals surface area contributed by atoms with Crippen molar-refractivity contribution in [1.29, 1.82) is 0 Å². The van der Waals surface area contributed by atoms with Gasteiger partial charge in [0.05, 0.1) is 0 Å². The van der Waals surface area contributed by atoms with E-state index in [0.29, 0.717) is 13.2 Å². The minimum Gasteiger partial charge on any atom is -0.381 e. The lowest BCUT2D eigenvalue weighted by atomic mass is 9.98. The molecular weight excluding hydrogens is 214 g/mol. The third kappa shape index (κ3) is 2.86. The topological polar surface area (TPSA) is 38.3 Å². The second kappa shape index (κ2) is 5.32. The first-order valence-electron chi connectivity index (χ1n) is 6.13. The highest BCUT2D eigenvalue weighted by molar-refractivity contribution is 5.94. The van der Waals surface area contributed by atoms with Crippen LogP contribution < -0.4 is 5.32 Å². The third-order valence-corrected chi connectivity index (χ3v) is 3.32. The predicted octanol–water partition coefficient (Wildman–Crippen LogP) is 2.67. The molecule has 0 spiro atoms. The lowest BCUT2D eigenvalue weighted by Crippen LogP contribution is -2.29. The van der Waals surface area contributed by atoms with Gasteiger partial charge in [0.15, 0.2) is 0 Å². The van der Waals surface area contributed by atoms with E-state index in [1.807, 2.05) is 32.0 Å². The number of anilines is 1. The van der Waals surface area contributed by atoms with Crippen LogP contribution in [0.4, 0.5) is 5.69 Å². The van der Waals surface area contributed by atoms with Gasteiger partial charge in [-0.1, -0.05) is 18.2 Å². The molecule has 17 heavy (non-hydrogen) atoms. The molecule has 2 rings (SSSR count). The number of hydrogen-bond acceptors (Lipinski definition) is 2. The molecule has 1 aliphatic rings. The molecule has 1 heterocycles. The Morgan fingerprint density at radius 3 is 2.41 bits per heavy atom. The zero-order valence-corrected chi connectivity index (χ0v) is 10.5. The fourth-order valence-electron chi connectivity index (χ4n) is 2.20. The van der Waals surface area contributed by atoms with Crippen molar-refractivity contribution in [3.8, 4) is 0 Å². The zero-order chi connectivity index (χ0) is 12.3. The SMILES string of the molecule is Cc1cccc(C)c1NC(=O)C1CCOCC1. The lowest BCUT2D eigenvalue weighted by molar-refractivity contribution is -0.122. The largest absolute Gasteiger partial charge is 0.381 e. The van der Waals surface area contributed by atoms with E-state index in [0.717, 1.165) is 29.7 Å². The van der Waals surface area contributed by atoms with Crippen molar-refractivity contribution in [1.82, 2.24) is 0 Å². The third-order valence-electron chi connectivity index (χ3n) is 3.32. The average molecular weight is 233 g/mol. The van der Waals surface area contributed by atoms with Crippen molar-refractivity contribution in [3.05, 3.63) is 29.3 Å². The zero-order valence-electron chi connectivity index (χ0n) is 10.5. The van der Waals surface area contributed by atoms with Gasteiger partial charge in [0.2, 0.25) is 5.91 Å². The Balaban J connectivity index is 2.07. The molecule has 92 valence electrons. The summed E-state index contributed by atoms with van der Waals surface area (Å²) in [4.78, 5) is 12.1. The maximum absolute atomic E-state index is 12.1. The molecule has 1 aliphatic heterocycles. The molecule has 1 fully saturated rings. The van der Waals surface area contributed by atoms with Crippen LogP contribution in [0.2, 0.25) is 0 Å². The molecule has 3 nitrogen and oxygen atoms in total. The standard InChI is InChI=1S/C14H19NO2/c1-10-4-3-5-11(2)13(10)15-14(16)12-6-8-17-9-7-12/h3-5,12H,6-9H2,1-2H3,(H,15,16). The van der Waals surface area contributed by atoms with Gasteiger partial charge in [-0.05, 0) is 37.8 Å². The Labute approximate surface area is 102 Å². The van der Waals surface area contributed by atoms with Crippen molar-refractivity contribution < 1.29 is 9.53 Å². The summed E-state index contributed by atoms with van der Waals surface area (Å²) in [5, 5.41) is 3.05. The summed E-state index contributed by atoms with van der Waals surface area (Å²) in [5.74, 6) is 0.230. The molecule has 1 aromatic rings. The van der Waals surface area contributed by atoms with Crippen LogP contribution in [-0.2, 0) is 9.53 Å². The fourth-order valence-corrected chi connectivity index (χ4v) is 2.20. The molecule has 3 heteroatoms. The number of hydrogen-bond donors (Lipinski definition) is 1. The molecule has 1 amide bonds. The summed E-state index contributed by atoms with van der Waals surface area (Å²) in [7, 11) is 0. The number of para-hydroxylation sites is 1. The molecule has 1 N–H and O–H groups in total. The summed E-state index contributed by atoms with van der Waals surface area (Å²) >= 11 is 0. The predicted molar refractivity (Wildman–Crippen MR) is 68.1 cm³/mol. The number of rotatable bonds is 2. The average Bonchev–Trinajstić information content (AvgIpc) is 2.35. The quantitative estimate of drug-likeness (QED) is 0.852. The number of benzene rings is 1. The smallest absolute Gasteiger partial charge is 0.227 e. The molecular formula is C14H19NO2. The van der Waals surface area contributed by atoms with Gasteiger partial charge < -0.3 is 10.1 Å². The summed E-state index contributed by atoms with van der Waals surface area (Å²) in [6.07, 6.45) is 1.66. The summed E-state index contributed by atoms with van der Waals surface area (Å²) < 4.78 is 5.27. The summed E-state index contributed by atoms with van der Waals surface area (Å²) in [6.45, 7) is 5.44. The number of ether oxygens (including phenoxy) is 1. The van der Waals surface area contributed by atoms with Crippen molar-refractivity contribution in [3.63, 3.8) is 0 Å². The van der Waals surface area contributed by atoms with E-state index in [2.05, 4.69) is 5.32 Å². The summed E-state index contributed by atoms with van der Waals surface area (Å²) in [6, 6.07) is 6.05. The minimum atomic E-state index is 0.0998. The van der Waals surface area contributed by atoms with E-state index in [-0.39, 0.29) is 11.8 Å². The molecule has 0 radical (unpaired) electrons. The Morgan fingerprint density at radius 1 is 1.24 bits per heavy atom. The number of carbonyl (C=O) groups is 1. The van der Waals surface area contributed by atoms with Crippen LogP contribution in [-0.4, -0.2) is 19.1 Å². The van der Waals surface area contributed by atoms with Gasteiger partial charge in [0.25, 0.3) is 0 Å². The van der Waals surface area contributed by atoms with Gasteiger partial charge in [-0.15, -0.1) is 0 Å². The van der Waals surface area contributed by atoms with Crippen molar-refractivity contribution in [2.45, 2.75) is 26.7 Å². The molecule has 0 aromatic heterocycles. The first-order chi connectivity index (χ1) is 8.18. The lowest BCUT2D eigenvalue weighted by Gasteiger charge is -2.22. The minimum absolute atomic E-state index is 0.0998. The van der Waals surface area contributed by atoms with Crippen molar-refractivity contribution in [2.75, 3.05) is 18.5 Å². The van der Waals surface area contributed by atoms with Crippen LogP contribution in [0, 0.1) is 19.8 Å². The van der Waals surface area contributed by atoms with Crippen molar-refractivity contribution in [2.24, 2.45) is 5.92 Å². The maximum Gasteiger partial charge on any atom is 0.227 e. The Bertz CT molecular complexity index is 388. The van der Waals surface area contributed by atoms with Gasteiger partial charge >= 0.3 is 0 Å². The van der Waals surface area contributed by atoms with Gasteiger partial charge in [-0.2, -0.15) is 0 Å². The van der Waals surface area contributed by atoms with Gasteiger partial charge in [-0.3, -0.25) is 4.79 Å². The Morgan fingerprint density at radius 2 is 1.82 bits per heavy atom. The van der Waals surface area contributed by atoms with E-state index in [1.54, 1.807) is 0 Å². The normalized spacial score (nSPS) is 16.8. The van der Waals surface area contributed by atoms with Crippen molar-refractivity contribution >= 4 is 11.6 Å². The summed E-state index contributed by atoms with van der Waals surface area (Å²) in [5.41, 5.74) is 3.19. The van der Waals surface area contributed by atoms with E-state index >= 15 is 0 Å². The monoisotopic (exact) mass is 233 g/mol. The number of aryl methyl sites for hydroxylation is 2. The highest BCUT2D eigenvalue weighted by atomic mass is 16.5. The van der Waals surface area contributed by atoms with Crippen LogP contribution in [0.25, 0.3) is 0 Å². The molecule has 1 saturated heterocycles. The van der Waals surface area contributed by atoms with Gasteiger partial charge in [0.1, 0.15) is 0 Å². The fraction of sp³-hybridized carbons (Fsp3) is 0.500. The first-order valence-corrected chi connectivity index (χ1v) is 6.13. The van der Waals surface area contributed by atoms with Crippen LogP contribution in [0.1, 0.15) is 24.0 Å². The van der Waals surface area contributed by atoms with Crippen LogP contribution in [0.3, 0.4) is 0 Å². The van der Waals surface area contributed by atoms with Gasteiger partial charge in [0, 0.05) is 24.8 Å². The maximum atomic E-state index is 12.1. The Kier molecular flexibility index (Phi) is 3.79. The molecule has 0 atom stereocenters. The molecule has 0 saturated carbocycles.